The first-order valence-electron chi connectivity index (χ1n) is 8.57. The molecule has 0 aliphatic rings. The molecule has 1 heterocycles. The zero-order valence-electron chi connectivity index (χ0n) is 16.2. The van der Waals surface area contributed by atoms with Crippen LogP contribution in [0.3, 0.4) is 0 Å². The van der Waals surface area contributed by atoms with E-state index < -0.39 is 18.0 Å². The zero-order valence-corrected chi connectivity index (χ0v) is 17.0. The number of anilines is 1. The standard InChI is InChI=1S/C20H24N2O4S/c1-12-6-8-16(9-7-12)21-18(23)11-22(5)19(24)14(3)26-20(25)17-10-13(2)27-15(17)4/h6-10,14H,11H2,1-5H3,(H,21,23)/t14-/m1/s1. The molecule has 0 radical (unpaired) electrons. The molecule has 0 bridgehead atoms. The number of nitrogens with one attached hydrogen (secondary N) is 1. The summed E-state index contributed by atoms with van der Waals surface area (Å²) in [5, 5.41) is 2.73. The lowest BCUT2D eigenvalue weighted by atomic mass is 10.2. The number of thiophene rings is 1. The molecule has 1 N–H and O–H groups in total. The summed E-state index contributed by atoms with van der Waals surface area (Å²) in [6.07, 6.45) is -0.978. The van der Waals surface area contributed by atoms with Gasteiger partial charge in [0.2, 0.25) is 5.91 Å². The van der Waals surface area contributed by atoms with Crippen molar-refractivity contribution in [3.63, 3.8) is 0 Å². The van der Waals surface area contributed by atoms with Crippen LogP contribution in [0.25, 0.3) is 0 Å². The first kappa shape index (κ1) is 20.6. The number of benzene rings is 1. The third-order valence-corrected chi connectivity index (χ3v) is 4.95. The summed E-state index contributed by atoms with van der Waals surface area (Å²) in [5.74, 6) is -1.29. The SMILES string of the molecule is Cc1ccc(NC(=O)CN(C)C(=O)[C@@H](C)OC(=O)c2cc(C)sc2C)cc1. The summed E-state index contributed by atoms with van der Waals surface area (Å²) >= 11 is 1.50. The highest BCUT2D eigenvalue weighted by Gasteiger charge is 2.24. The van der Waals surface area contributed by atoms with Gasteiger partial charge in [-0.15, -0.1) is 11.3 Å². The fourth-order valence-electron chi connectivity index (χ4n) is 2.55. The fraction of sp³-hybridized carbons (Fsp3) is 0.350. The van der Waals surface area contributed by atoms with Gasteiger partial charge in [-0.2, -0.15) is 0 Å². The third-order valence-electron chi connectivity index (χ3n) is 3.98. The molecular formula is C20H24N2O4S. The summed E-state index contributed by atoms with van der Waals surface area (Å²) < 4.78 is 5.27. The van der Waals surface area contributed by atoms with Crippen LogP contribution in [-0.4, -0.2) is 42.4 Å². The Balaban J connectivity index is 1.89. The van der Waals surface area contributed by atoms with E-state index in [1.165, 1.54) is 30.2 Å². The molecule has 144 valence electrons. The van der Waals surface area contributed by atoms with E-state index in [1.807, 2.05) is 32.9 Å². The first-order valence-corrected chi connectivity index (χ1v) is 9.38. The van der Waals surface area contributed by atoms with Gasteiger partial charge in [-0.1, -0.05) is 17.7 Å². The number of rotatable bonds is 6. The highest BCUT2D eigenvalue weighted by molar-refractivity contribution is 7.12. The molecule has 1 aromatic heterocycles. The van der Waals surface area contributed by atoms with E-state index in [0.717, 1.165) is 15.3 Å². The average Bonchev–Trinajstić information content (AvgIpc) is 2.94. The van der Waals surface area contributed by atoms with Crippen LogP contribution in [0.1, 0.15) is 32.6 Å². The van der Waals surface area contributed by atoms with Crippen LogP contribution in [0, 0.1) is 20.8 Å². The summed E-state index contributed by atoms with van der Waals surface area (Å²) in [6, 6.07) is 9.12. The molecular weight excluding hydrogens is 364 g/mol. The van der Waals surface area contributed by atoms with E-state index in [9.17, 15) is 14.4 Å². The van der Waals surface area contributed by atoms with Gasteiger partial charge in [0.05, 0.1) is 12.1 Å². The van der Waals surface area contributed by atoms with Crippen LogP contribution in [0.15, 0.2) is 30.3 Å². The maximum atomic E-state index is 12.4. The first-order chi connectivity index (χ1) is 12.7. The minimum absolute atomic E-state index is 0.134. The smallest absolute Gasteiger partial charge is 0.340 e. The topological polar surface area (TPSA) is 75.7 Å². The lowest BCUT2D eigenvalue weighted by Crippen LogP contribution is -2.41. The molecule has 0 spiro atoms. The van der Waals surface area contributed by atoms with Gasteiger partial charge >= 0.3 is 5.97 Å². The van der Waals surface area contributed by atoms with Crippen molar-refractivity contribution in [1.29, 1.82) is 0 Å². The molecule has 0 saturated carbocycles. The van der Waals surface area contributed by atoms with Crippen molar-refractivity contribution < 1.29 is 19.1 Å². The maximum absolute atomic E-state index is 12.4. The highest BCUT2D eigenvalue weighted by atomic mass is 32.1. The van der Waals surface area contributed by atoms with Crippen LogP contribution in [0.2, 0.25) is 0 Å². The maximum Gasteiger partial charge on any atom is 0.340 e. The van der Waals surface area contributed by atoms with Crippen LogP contribution in [0.5, 0.6) is 0 Å². The molecule has 0 fully saturated rings. The molecule has 1 aromatic carbocycles. The van der Waals surface area contributed by atoms with Crippen LogP contribution in [0.4, 0.5) is 5.69 Å². The number of amides is 2. The normalized spacial score (nSPS) is 11.6. The van der Waals surface area contributed by atoms with Crippen molar-refractivity contribution in [2.24, 2.45) is 0 Å². The third kappa shape index (κ3) is 5.65. The van der Waals surface area contributed by atoms with Gasteiger partial charge in [-0.3, -0.25) is 9.59 Å². The largest absolute Gasteiger partial charge is 0.449 e. The molecule has 0 aliphatic carbocycles. The predicted molar refractivity (Wildman–Crippen MR) is 106 cm³/mol. The molecule has 1 atom stereocenters. The van der Waals surface area contributed by atoms with Crippen molar-refractivity contribution in [1.82, 2.24) is 4.90 Å². The number of esters is 1. The second-order valence-electron chi connectivity index (χ2n) is 6.48. The Kier molecular flexibility index (Phi) is 6.74. The zero-order chi connectivity index (χ0) is 20.1. The molecule has 0 saturated heterocycles. The van der Waals surface area contributed by atoms with Crippen molar-refractivity contribution >= 4 is 34.8 Å². The highest BCUT2D eigenvalue weighted by Crippen LogP contribution is 2.21. The van der Waals surface area contributed by atoms with Crippen molar-refractivity contribution in [3.8, 4) is 0 Å². The van der Waals surface area contributed by atoms with Gasteiger partial charge in [-0.05, 0) is 45.9 Å². The Labute approximate surface area is 163 Å². The summed E-state index contributed by atoms with van der Waals surface area (Å²) in [6.45, 7) is 7.07. The Hall–Kier alpha value is -2.67. The van der Waals surface area contributed by atoms with E-state index in [2.05, 4.69) is 5.32 Å². The fourth-order valence-corrected chi connectivity index (χ4v) is 3.46. The molecule has 2 amide bonds. The van der Waals surface area contributed by atoms with Crippen LogP contribution in [-0.2, 0) is 14.3 Å². The lowest BCUT2D eigenvalue weighted by Gasteiger charge is -2.21. The quantitative estimate of drug-likeness (QED) is 0.771. The van der Waals surface area contributed by atoms with E-state index in [-0.39, 0.29) is 12.5 Å². The Morgan fingerprint density at radius 1 is 1.15 bits per heavy atom. The lowest BCUT2D eigenvalue weighted by molar-refractivity contribution is -0.140. The number of aryl methyl sites for hydroxylation is 3. The van der Waals surface area contributed by atoms with Gasteiger partial charge in [0.1, 0.15) is 0 Å². The summed E-state index contributed by atoms with van der Waals surface area (Å²) in [7, 11) is 1.50. The van der Waals surface area contributed by atoms with Crippen LogP contribution >= 0.6 is 11.3 Å². The molecule has 27 heavy (non-hydrogen) atoms. The summed E-state index contributed by atoms with van der Waals surface area (Å²) in [4.78, 5) is 39.9. The molecule has 2 aromatic rings. The van der Waals surface area contributed by atoms with Gasteiger partial charge in [0.25, 0.3) is 5.91 Å². The minimum atomic E-state index is -0.978. The predicted octanol–water partition coefficient (Wildman–Crippen LogP) is 3.32. The van der Waals surface area contributed by atoms with Gasteiger partial charge in [0, 0.05) is 22.5 Å². The molecule has 2 rings (SSSR count). The van der Waals surface area contributed by atoms with Crippen molar-refractivity contribution in [2.75, 3.05) is 18.9 Å². The molecule has 7 heteroatoms. The minimum Gasteiger partial charge on any atom is -0.449 e. The number of hydrogen-bond acceptors (Lipinski definition) is 5. The summed E-state index contributed by atoms with van der Waals surface area (Å²) in [5.41, 5.74) is 2.22. The monoisotopic (exact) mass is 388 g/mol. The number of carbonyl (C=O) groups excluding carboxylic acids is 3. The van der Waals surface area contributed by atoms with Crippen LogP contribution < -0.4 is 5.32 Å². The average molecular weight is 388 g/mol. The number of carbonyl (C=O) groups is 3. The van der Waals surface area contributed by atoms with E-state index in [4.69, 9.17) is 4.74 Å². The molecule has 0 aliphatic heterocycles. The number of hydrogen-bond donors (Lipinski definition) is 1. The van der Waals surface area contributed by atoms with Crippen molar-refractivity contribution in [3.05, 3.63) is 51.2 Å². The van der Waals surface area contributed by atoms with E-state index in [0.29, 0.717) is 11.3 Å². The Morgan fingerprint density at radius 2 is 1.78 bits per heavy atom. The molecule has 6 nitrogen and oxygen atoms in total. The molecule has 0 unspecified atom stereocenters. The number of nitrogens with zero attached hydrogens (tertiary/aromatic N) is 1. The number of likely N-dealkylation sites (N-methyl/N-ethyl adjacent to an activating group) is 1. The van der Waals surface area contributed by atoms with E-state index in [1.54, 1.807) is 18.2 Å². The Bertz CT molecular complexity index is 842. The second-order valence-corrected chi connectivity index (χ2v) is 7.94. The Morgan fingerprint density at radius 3 is 2.33 bits per heavy atom. The second kappa shape index (κ2) is 8.81. The van der Waals surface area contributed by atoms with E-state index >= 15 is 0 Å². The van der Waals surface area contributed by atoms with Crippen molar-refractivity contribution in [2.45, 2.75) is 33.8 Å². The van der Waals surface area contributed by atoms with Gasteiger partial charge in [-0.25, -0.2) is 4.79 Å². The number of ether oxygens (including phenoxy) is 1. The van der Waals surface area contributed by atoms with Gasteiger partial charge in [0.15, 0.2) is 6.10 Å². The van der Waals surface area contributed by atoms with Gasteiger partial charge < -0.3 is 15.0 Å².